The van der Waals surface area contributed by atoms with Crippen LogP contribution in [0.15, 0.2) is 36.9 Å². The normalized spacial score (nSPS) is 12.8. The molecule has 0 saturated carbocycles. The number of amides is 2. The maximum Gasteiger partial charge on any atom is 0.326 e. The molecule has 0 unspecified atom stereocenters. The average Bonchev–Trinajstić information content (AvgIpc) is 2.51. The average molecular weight is 336 g/mol. The van der Waals surface area contributed by atoms with Crippen LogP contribution in [-0.4, -0.2) is 35.0 Å². The minimum absolute atomic E-state index is 0.0775. The monoisotopic (exact) mass is 336 g/mol. The molecule has 2 atom stereocenters. The van der Waals surface area contributed by atoms with Gasteiger partial charge in [-0.15, -0.1) is 6.58 Å². The van der Waals surface area contributed by atoms with Crippen molar-refractivity contribution in [2.45, 2.75) is 38.3 Å². The number of nitrogens with one attached hydrogen (secondary N) is 2. The zero-order chi connectivity index (χ0) is 18.1. The lowest BCUT2D eigenvalue weighted by Gasteiger charge is -2.21. The van der Waals surface area contributed by atoms with Gasteiger partial charge in [-0.2, -0.15) is 0 Å². The maximum absolute atomic E-state index is 13.8. The van der Waals surface area contributed by atoms with Crippen molar-refractivity contribution in [3.8, 4) is 0 Å². The highest BCUT2D eigenvalue weighted by Gasteiger charge is 2.26. The fraction of sp³-hybridized carbons (Fsp3) is 0.353. The van der Waals surface area contributed by atoms with Crippen LogP contribution in [0.4, 0.5) is 4.39 Å². The molecule has 7 heteroatoms. The fourth-order valence-electron chi connectivity index (χ4n) is 2.15. The van der Waals surface area contributed by atoms with Crippen LogP contribution in [0.1, 0.15) is 25.3 Å². The third-order valence-corrected chi connectivity index (χ3v) is 3.35. The van der Waals surface area contributed by atoms with E-state index in [2.05, 4.69) is 17.2 Å². The molecule has 1 aromatic carbocycles. The Morgan fingerprint density at radius 2 is 1.92 bits per heavy atom. The Labute approximate surface area is 139 Å². The lowest BCUT2D eigenvalue weighted by atomic mass is 10.0. The first-order valence-electron chi connectivity index (χ1n) is 7.49. The van der Waals surface area contributed by atoms with E-state index in [1.54, 1.807) is 12.1 Å². The molecule has 0 saturated heterocycles. The first-order valence-corrected chi connectivity index (χ1v) is 7.49. The number of halogens is 1. The summed E-state index contributed by atoms with van der Waals surface area (Å²) in [6, 6.07) is 3.72. The minimum Gasteiger partial charge on any atom is -0.480 e. The van der Waals surface area contributed by atoms with Crippen molar-refractivity contribution >= 4 is 17.8 Å². The summed E-state index contributed by atoms with van der Waals surface area (Å²) >= 11 is 0. The summed E-state index contributed by atoms with van der Waals surface area (Å²) in [4.78, 5) is 34.8. The van der Waals surface area contributed by atoms with Gasteiger partial charge in [0.15, 0.2) is 0 Å². The number of carboxylic acids is 1. The van der Waals surface area contributed by atoms with E-state index in [1.807, 2.05) is 0 Å². The van der Waals surface area contributed by atoms with Gasteiger partial charge in [-0.05, 0) is 24.5 Å². The number of carbonyl (C=O) groups is 3. The quantitative estimate of drug-likeness (QED) is 0.594. The highest BCUT2D eigenvalue weighted by atomic mass is 19.1. The summed E-state index contributed by atoms with van der Waals surface area (Å²) < 4.78 is 13.8. The first-order chi connectivity index (χ1) is 11.3. The van der Waals surface area contributed by atoms with Crippen molar-refractivity contribution in [3.05, 3.63) is 48.3 Å². The van der Waals surface area contributed by atoms with Crippen LogP contribution in [0.3, 0.4) is 0 Å². The molecule has 0 radical (unpaired) electrons. The number of carbonyl (C=O) groups excluding carboxylic acids is 2. The molecule has 2 amide bonds. The molecule has 1 rings (SSSR count). The van der Waals surface area contributed by atoms with Gasteiger partial charge in [0.25, 0.3) is 0 Å². The van der Waals surface area contributed by atoms with Gasteiger partial charge in [0.2, 0.25) is 11.8 Å². The first kappa shape index (κ1) is 19.3. The van der Waals surface area contributed by atoms with Gasteiger partial charge >= 0.3 is 5.97 Å². The highest BCUT2D eigenvalue weighted by Crippen LogP contribution is 2.10. The molecule has 0 aliphatic carbocycles. The Morgan fingerprint density at radius 3 is 2.46 bits per heavy atom. The van der Waals surface area contributed by atoms with Crippen molar-refractivity contribution in [1.29, 1.82) is 0 Å². The van der Waals surface area contributed by atoms with E-state index >= 15 is 0 Å². The van der Waals surface area contributed by atoms with Crippen LogP contribution in [0.25, 0.3) is 0 Å². The molecule has 0 spiro atoms. The number of hydrogen-bond acceptors (Lipinski definition) is 3. The predicted molar refractivity (Wildman–Crippen MR) is 86.7 cm³/mol. The SMILES string of the molecule is C=CCC[C@H](NC(=O)[C@H](Cc1ccccc1F)NC(C)=O)C(=O)O. The largest absolute Gasteiger partial charge is 0.480 e. The molecule has 1 aromatic rings. The third kappa shape index (κ3) is 6.20. The highest BCUT2D eigenvalue weighted by molar-refractivity contribution is 5.90. The van der Waals surface area contributed by atoms with E-state index in [4.69, 9.17) is 5.11 Å². The number of rotatable bonds is 9. The van der Waals surface area contributed by atoms with E-state index in [9.17, 15) is 18.8 Å². The van der Waals surface area contributed by atoms with E-state index < -0.39 is 35.7 Å². The van der Waals surface area contributed by atoms with Crippen molar-refractivity contribution in [2.75, 3.05) is 0 Å². The van der Waals surface area contributed by atoms with Crippen molar-refractivity contribution < 1.29 is 23.9 Å². The molecule has 3 N–H and O–H groups in total. The summed E-state index contributed by atoms with van der Waals surface area (Å²) in [6.07, 6.45) is 2.06. The van der Waals surface area contributed by atoms with Gasteiger partial charge in [0, 0.05) is 13.3 Å². The number of aliphatic carboxylic acids is 1. The lowest BCUT2D eigenvalue weighted by molar-refractivity contribution is -0.142. The van der Waals surface area contributed by atoms with E-state index in [0.717, 1.165) is 0 Å². The number of carboxylic acid groups (broad SMARTS) is 1. The summed E-state index contributed by atoms with van der Waals surface area (Å²) in [5.74, 6) is -2.82. The Balaban J connectivity index is 2.87. The maximum atomic E-state index is 13.8. The number of hydrogen-bond donors (Lipinski definition) is 3. The molecular weight excluding hydrogens is 315 g/mol. The molecule has 0 aliphatic heterocycles. The third-order valence-electron chi connectivity index (χ3n) is 3.35. The topological polar surface area (TPSA) is 95.5 Å². The van der Waals surface area contributed by atoms with Crippen LogP contribution in [0.5, 0.6) is 0 Å². The number of benzene rings is 1. The van der Waals surface area contributed by atoms with Gasteiger partial charge in [-0.3, -0.25) is 9.59 Å². The van der Waals surface area contributed by atoms with Crippen LogP contribution in [-0.2, 0) is 20.8 Å². The second-order valence-electron chi connectivity index (χ2n) is 5.31. The Kier molecular flexibility index (Phi) is 7.61. The molecule has 0 aromatic heterocycles. The zero-order valence-corrected chi connectivity index (χ0v) is 13.4. The molecular formula is C17H21FN2O4. The molecule has 130 valence electrons. The minimum atomic E-state index is -1.18. The molecule has 0 bridgehead atoms. The van der Waals surface area contributed by atoms with Gasteiger partial charge in [-0.25, -0.2) is 9.18 Å². The van der Waals surface area contributed by atoms with Crippen LogP contribution >= 0.6 is 0 Å². The Bertz CT molecular complexity index is 618. The molecule has 24 heavy (non-hydrogen) atoms. The predicted octanol–water partition coefficient (Wildman–Crippen LogP) is 1.41. The van der Waals surface area contributed by atoms with Crippen LogP contribution in [0, 0.1) is 5.82 Å². The van der Waals surface area contributed by atoms with Crippen molar-refractivity contribution in [3.63, 3.8) is 0 Å². The fourth-order valence-corrected chi connectivity index (χ4v) is 2.15. The molecule has 0 aliphatic rings. The van der Waals surface area contributed by atoms with Crippen LogP contribution in [0.2, 0.25) is 0 Å². The summed E-state index contributed by atoms with van der Waals surface area (Å²) in [5.41, 5.74) is 0.254. The Hall–Kier alpha value is -2.70. The standard InChI is InChI=1S/C17H21FN2O4/c1-3-4-9-14(17(23)24)20-16(22)15(19-11(2)21)10-12-7-5-6-8-13(12)18/h3,5-8,14-15H,1,4,9-10H2,2H3,(H,19,21)(H,20,22)(H,23,24)/t14-,15-/m0/s1. The molecule has 6 nitrogen and oxygen atoms in total. The Morgan fingerprint density at radius 1 is 1.25 bits per heavy atom. The van der Waals surface area contributed by atoms with Crippen molar-refractivity contribution in [1.82, 2.24) is 10.6 Å². The van der Waals surface area contributed by atoms with Gasteiger partial charge < -0.3 is 15.7 Å². The van der Waals surface area contributed by atoms with Gasteiger partial charge in [-0.1, -0.05) is 24.3 Å². The second kappa shape index (κ2) is 9.44. The summed E-state index contributed by atoms with van der Waals surface area (Å²) in [6.45, 7) is 4.74. The molecule has 0 heterocycles. The van der Waals surface area contributed by atoms with Crippen molar-refractivity contribution in [2.24, 2.45) is 0 Å². The zero-order valence-electron chi connectivity index (χ0n) is 13.4. The lowest BCUT2D eigenvalue weighted by Crippen LogP contribution is -2.52. The van der Waals surface area contributed by atoms with Gasteiger partial charge in [0.1, 0.15) is 17.9 Å². The van der Waals surface area contributed by atoms with Gasteiger partial charge in [0.05, 0.1) is 0 Å². The summed E-state index contributed by atoms with van der Waals surface area (Å²) in [5, 5.41) is 13.9. The van der Waals surface area contributed by atoms with Crippen LogP contribution < -0.4 is 10.6 Å². The summed E-state index contributed by atoms with van der Waals surface area (Å²) in [7, 11) is 0. The smallest absolute Gasteiger partial charge is 0.326 e. The number of allylic oxidation sites excluding steroid dienone is 1. The van der Waals surface area contributed by atoms with E-state index in [-0.39, 0.29) is 18.4 Å². The molecule has 0 fully saturated rings. The van der Waals surface area contributed by atoms with E-state index in [1.165, 1.54) is 25.1 Å². The second-order valence-corrected chi connectivity index (χ2v) is 5.31. The van der Waals surface area contributed by atoms with E-state index in [0.29, 0.717) is 6.42 Å².